The Kier molecular flexibility index (Phi) is 3.19. The summed E-state index contributed by atoms with van der Waals surface area (Å²) in [4.78, 5) is 0. The quantitative estimate of drug-likeness (QED) is 0.859. The van der Waals surface area contributed by atoms with Gasteiger partial charge in [0, 0.05) is 30.7 Å². The van der Waals surface area contributed by atoms with Gasteiger partial charge in [0.2, 0.25) is 0 Å². The predicted octanol–water partition coefficient (Wildman–Crippen LogP) is 2.08. The summed E-state index contributed by atoms with van der Waals surface area (Å²) in [5, 5.41) is 14.5. The van der Waals surface area contributed by atoms with Gasteiger partial charge in [0.15, 0.2) is 0 Å². The Balaban J connectivity index is 2.47. The molecule has 0 radical (unpaired) electrons. The van der Waals surface area contributed by atoms with E-state index in [1.165, 1.54) is 0 Å². The molecule has 1 unspecified atom stereocenters. The Bertz CT molecular complexity index is 507. The minimum atomic E-state index is -0.495. The van der Waals surface area contributed by atoms with Gasteiger partial charge in [0.25, 0.3) is 0 Å². The van der Waals surface area contributed by atoms with Crippen molar-refractivity contribution < 1.29 is 5.11 Å². The van der Waals surface area contributed by atoms with Crippen LogP contribution in [0.25, 0.3) is 10.9 Å². The molecule has 1 aromatic heterocycles. The highest BCUT2D eigenvalue weighted by molar-refractivity contribution is 6.35. The fraction of sp³-hybridized carbons (Fsp3) is 0.333. The van der Waals surface area contributed by atoms with Crippen LogP contribution in [0.1, 0.15) is 11.7 Å². The number of aryl methyl sites for hydroxylation is 1. The number of hydrogen-bond donors (Lipinski definition) is 2. The van der Waals surface area contributed by atoms with Gasteiger partial charge in [0.05, 0.1) is 11.1 Å². The van der Waals surface area contributed by atoms with Gasteiger partial charge in [0.1, 0.15) is 0 Å². The molecule has 86 valence electrons. The molecule has 2 N–H and O–H groups in total. The third-order valence-electron chi connectivity index (χ3n) is 2.75. The molecule has 2 aromatic rings. The van der Waals surface area contributed by atoms with Gasteiger partial charge >= 0.3 is 0 Å². The number of halogens is 1. The fourth-order valence-corrected chi connectivity index (χ4v) is 2.18. The number of aromatic nitrogens is 1. The largest absolute Gasteiger partial charge is 0.387 e. The Morgan fingerprint density at radius 1 is 1.50 bits per heavy atom. The summed E-state index contributed by atoms with van der Waals surface area (Å²) in [6, 6.07) is 5.86. The van der Waals surface area contributed by atoms with E-state index in [1.807, 2.05) is 43.1 Å². The molecule has 0 saturated heterocycles. The van der Waals surface area contributed by atoms with Crippen LogP contribution in [0.5, 0.6) is 0 Å². The summed E-state index contributed by atoms with van der Waals surface area (Å²) in [6.07, 6.45) is 1.38. The van der Waals surface area contributed by atoms with Crippen LogP contribution in [-0.4, -0.2) is 23.3 Å². The molecule has 0 amide bonds. The smallest absolute Gasteiger partial charge is 0.0914 e. The minimum Gasteiger partial charge on any atom is -0.387 e. The molecule has 0 aliphatic rings. The van der Waals surface area contributed by atoms with E-state index in [-0.39, 0.29) is 0 Å². The average molecular weight is 239 g/mol. The second-order valence-corrected chi connectivity index (χ2v) is 4.35. The second kappa shape index (κ2) is 4.45. The summed E-state index contributed by atoms with van der Waals surface area (Å²) in [5.74, 6) is 0. The Hall–Kier alpha value is -1.03. The van der Waals surface area contributed by atoms with Crippen LogP contribution in [0.15, 0.2) is 24.4 Å². The number of nitrogens with zero attached hydrogens (tertiary/aromatic N) is 1. The van der Waals surface area contributed by atoms with Crippen molar-refractivity contribution in [2.75, 3.05) is 13.6 Å². The molecule has 4 heteroatoms. The van der Waals surface area contributed by atoms with Crippen LogP contribution in [0.3, 0.4) is 0 Å². The minimum absolute atomic E-state index is 0.495. The third-order valence-corrected chi connectivity index (χ3v) is 3.05. The number of hydrogen-bond acceptors (Lipinski definition) is 2. The number of fused-ring (bicyclic) bond motifs is 1. The number of likely N-dealkylation sites (N-methyl/N-ethyl adjacent to an activating group) is 1. The normalized spacial score (nSPS) is 13.2. The van der Waals surface area contributed by atoms with Crippen LogP contribution in [-0.2, 0) is 7.05 Å². The molecule has 0 aliphatic carbocycles. The topological polar surface area (TPSA) is 37.2 Å². The van der Waals surface area contributed by atoms with Crippen LogP contribution in [0.4, 0.5) is 0 Å². The Morgan fingerprint density at radius 3 is 2.94 bits per heavy atom. The van der Waals surface area contributed by atoms with Crippen LogP contribution in [0.2, 0.25) is 5.02 Å². The standard InChI is InChI=1S/C12H15ClN2O/c1-14-6-12(16)8-3-4-11-9(5-8)10(13)7-15(11)2/h3-5,7,12,14,16H,6H2,1-2H3. The molecule has 0 saturated carbocycles. The molecule has 0 aliphatic heterocycles. The molecule has 0 bridgehead atoms. The van der Waals surface area contributed by atoms with Gasteiger partial charge in [-0.2, -0.15) is 0 Å². The van der Waals surface area contributed by atoms with Crippen molar-refractivity contribution in [2.45, 2.75) is 6.10 Å². The number of benzene rings is 1. The zero-order valence-electron chi connectivity index (χ0n) is 9.37. The van der Waals surface area contributed by atoms with E-state index in [9.17, 15) is 5.11 Å². The number of aliphatic hydroxyl groups excluding tert-OH is 1. The van der Waals surface area contributed by atoms with Gasteiger partial charge in [-0.15, -0.1) is 0 Å². The fourth-order valence-electron chi connectivity index (χ4n) is 1.88. The van der Waals surface area contributed by atoms with E-state index in [2.05, 4.69) is 5.32 Å². The number of nitrogens with one attached hydrogen (secondary N) is 1. The van der Waals surface area contributed by atoms with Crippen molar-refractivity contribution >= 4 is 22.5 Å². The highest BCUT2D eigenvalue weighted by Gasteiger charge is 2.10. The molecular weight excluding hydrogens is 224 g/mol. The summed E-state index contributed by atoms with van der Waals surface area (Å²) >= 11 is 6.11. The van der Waals surface area contributed by atoms with Crippen LogP contribution < -0.4 is 5.32 Å². The molecule has 1 heterocycles. The SMILES string of the molecule is CNCC(O)c1ccc2c(c1)c(Cl)cn2C. The molecule has 1 atom stereocenters. The molecule has 3 nitrogen and oxygen atoms in total. The maximum Gasteiger partial charge on any atom is 0.0914 e. The summed E-state index contributed by atoms with van der Waals surface area (Å²) in [5.41, 5.74) is 1.96. The first-order valence-corrected chi connectivity index (χ1v) is 5.58. The van der Waals surface area contributed by atoms with Gasteiger partial charge in [-0.05, 0) is 24.7 Å². The van der Waals surface area contributed by atoms with E-state index in [0.717, 1.165) is 21.5 Å². The molecule has 0 spiro atoms. The van der Waals surface area contributed by atoms with E-state index < -0.39 is 6.10 Å². The first kappa shape index (κ1) is 11.5. The number of rotatable bonds is 3. The lowest BCUT2D eigenvalue weighted by Crippen LogP contribution is -2.16. The van der Waals surface area contributed by atoms with E-state index in [4.69, 9.17) is 11.6 Å². The monoisotopic (exact) mass is 238 g/mol. The maximum absolute atomic E-state index is 9.87. The van der Waals surface area contributed by atoms with Crippen molar-refractivity contribution in [2.24, 2.45) is 7.05 Å². The van der Waals surface area contributed by atoms with Gasteiger partial charge in [-0.3, -0.25) is 0 Å². The van der Waals surface area contributed by atoms with Gasteiger partial charge in [-0.25, -0.2) is 0 Å². The summed E-state index contributed by atoms with van der Waals surface area (Å²) < 4.78 is 1.98. The Labute approximate surface area is 99.6 Å². The van der Waals surface area contributed by atoms with Crippen LogP contribution >= 0.6 is 11.6 Å². The zero-order chi connectivity index (χ0) is 11.7. The Morgan fingerprint density at radius 2 is 2.25 bits per heavy atom. The molecule has 2 rings (SSSR count). The molecule has 16 heavy (non-hydrogen) atoms. The van der Waals surface area contributed by atoms with Crippen molar-refractivity contribution in [1.82, 2.24) is 9.88 Å². The summed E-state index contributed by atoms with van der Waals surface area (Å²) in [7, 11) is 3.77. The first-order valence-electron chi connectivity index (χ1n) is 5.20. The van der Waals surface area contributed by atoms with Gasteiger partial charge in [-0.1, -0.05) is 17.7 Å². The van der Waals surface area contributed by atoms with Crippen molar-refractivity contribution in [3.05, 3.63) is 35.0 Å². The first-order chi connectivity index (χ1) is 7.63. The van der Waals surface area contributed by atoms with Gasteiger partial charge < -0.3 is 15.0 Å². The number of aliphatic hydroxyl groups is 1. The maximum atomic E-state index is 9.87. The highest BCUT2D eigenvalue weighted by atomic mass is 35.5. The summed E-state index contributed by atoms with van der Waals surface area (Å²) in [6.45, 7) is 0.538. The molecule has 0 fully saturated rings. The van der Waals surface area contributed by atoms with Crippen molar-refractivity contribution in [1.29, 1.82) is 0 Å². The lowest BCUT2D eigenvalue weighted by molar-refractivity contribution is 0.178. The predicted molar refractivity (Wildman–Crippen MR) is 66.8 cm³/mol. The molecule has 1 aromatic carbocycles. The average Bonchev–Trinajstić information content (AvgIpc) is 2.55. The van der Waals surface area contributed by atoms with E-state index >= 15 is 0 Å². The van der Waals surface area contributed by atoms with E-state index in [1.54, 1.807) is 0 Å². The second-order valence-electron chi connectivity index (χ2n) is 3.94. The van der Waals surface area contributed by atoms with Crippen LogP contribution in [0, 0.1) is 0 Å². The van der Waals surface area contributed by atoms with Crippen molar-refractivity contribution in [3.63, 3.8) is 0 Å². The lowest BCUT2D eigenvalue weighted by atomic mass is 10.1. The third kappa shape index (κ3) is 1.94. The molecular formula is C12H15ClN2O. The lowest BCUT2D eigenvalue weighted by Gasteiger charge is -2.10. The van der Waals surface area contributed by atoms with E-state index in [0.29, 0.717) is 6.54 Å². The highest BCUT2D eigenvalue weighted by Crippen LogP contribution is 2.27. The zero-order valence-corrected chi connectivity index (χ0v) is 10.1. The van der Waals surface area contributed by atoms with Crippen molar-refractivity contribution in [3.8, 4) is 0 Å².